The highest BCUT2D eigenvalue weighted by Gasteiger charge is 2.59. The normalized spacial score (nSPS) is 36.3. The van der Waals surface area contributed by atoms with Gasteiger partial charge in [-0.15, -0.1) is 0 Å². The van der Waals surface area contributed by atoms with Crippen LogP contribution in [0, 0.1) is 81.8 Å². The lowest BCUT2D eigenvalue weighted by Gasteiger charge is -2.34. The molecular formula is C67H120O12. The molecule has 13 unspecified atom stereocenters. The van der Waals surface area contributed by atoms with Crippen molar-refractivity contribution in [3.8, 4) is 0 Å². The van der Waals surface area contributed by atoms with E-state index in [9.17, 15) is 28.8 Å². The SMILES string of the molecule is CC.CC.CC.CC.CC.CC.CC.CC.O=C1OC2CC3CC2CC13.O=C1OC2CCC1CC2.O=C1OCC2C3CCC(C3)C12.O=C1OCC2CCCCC12.O=C1OCCC12CC1CCC2C1.O=C1OCCC12CCCCC2. The van der Waals surface area contributed by atoms with Gasteiger partial charge in [0.1, 0.15) is 12.2 Å². The van der Waals surface area contributed by atoms with Gasteiger partial charge < -0.3 is 28.4 Å². The van der Waals surface area contributed by atoms with Gasteiger partial charge >= 0.3 is 35.8 Å². The van der Waals surface area contributed by atoms with E-state index in [1.54, 1.807) is 0 Å². The molecule has 9 aliphatic carbocycles. The highest BCUT2D eigenvalue weighted by Crippen LogP contribution is 2.60. The monoisotopic (exact) mass is 1120 g/mol. The van der Waals surface area contributed by atoms with Crippen LogP contribution in [0.3, 0.4) is 0 Å². The molecule has 8 saturated heterocycles. The van der Waals surface area contributed by atoms with Gasteiger partial charge in [0, 0.05) is 11.8 Å². The van der Waals surface area contributed by atoms with Crippen LogP contribution in [0.4, 0.5) is 0 Å². The van der Waals surface area contributed by atoms with Crippen molar-refractivity contribution in [3.63, 3.8) is 0 Å². The number of rotatable bonds is 0. The van der Waals surface area contributed by atoms with Crippen LogP contribution in [0.2, 0.25) is 0 Å². The first-order valence-electron chi connectivity index (χ1n) is 33.7. The Balaban J connectivity index is 0.000000308. The lowest BCUT2D eigenvalue weighted by Crippen LogP contribution is -2.39. The summed E-state index contributed by atoms with van der Waals surface area (Å²) >= 11 is 0. The molecule has 0 aromatic rings. The molecule has 460 valence electrons. The Morgan fingerprint density at radius 1 is 0.392 bits per heavy atom. The first kappa shape index (κ1) is 71.9. The number of carbonyl (C=O) groups is 6. The second-order valence-corrected chi connectivity index (χ2v) is 22.5. The third-order valence-electron chi connectivity index (χ3n) is 19.3. The Hall–Kier alpha value is -3.18. The molecule has 2 spiro atoms. The molecule has 8 heterocycles. The first-order chi connectivity index (χ1) is 38.6. The van der Waals surface area contributed by atoms with Gasteiger partial charge in [-0.3, -0.25) is 28.8 Å². The van der Waals surface area contributed by atoms with Crippen molar-refractivity contribution in [3.05, 3.63) is 0 Å². The summed E-state index contributed by atoms with van der Waals surface area (Å²) in [6.07, 6.45) is 30.2. The van der Waals surface area contributed by atoms with E-state index in [1.807, 2.05) is 111 Å². The van der Waals surface area contributed by atoms with E-state index in [4.69, 9.17) is 28.4 Å². The number of ether oxygens (including phenoxy) is 6. The van der Waals surface area contributed by atoms with Crippen molar-refractivity contribution in [2.24, 2.45) is 81.8 Å². The molecule has 0 aromatic carbocycles. The molecule has 0 amide bonds. The van der Waals surface area contributed by atoms with Crippen LogP contribution in [0.5, 0.6) is 0 Å². The predicted octanol–water partition coefficient (Wildman–Crippen LogP) is 16.4. The van der Waals surface area contributed by atoms with Crippen molar-refractivity contribution >= 4 is 35.8 Å². The predicted molar refractivity (Wildman–Crippen MR) is 317 cm³/mol. The van der Waals surface area contributed by atoms with E-state index >= 15 is 0 Å². The molecule has 17 rings (SSSR count). The van der Waals surface area contributed by atoms with Gasteiger partial charge in [0.15, 0.2) is 0 Å². The molecule has 8 aliphatic heterocycles. The van der Waals surface area contributed by atoms with E-state index < -0.39 is 0 Å². The smallest absolute Gasteiger partial charge is 0.312 e. The van der Waals surface area contributed by atoms with Crippen LogP contribution in [0.1, 0.15) is 271 Å². The number of fused-ring (bicyclic) bond motifs is 13. The standard InChI is InChI=1S/C10H14O2.C9H12O2.C9H14O2.C8H10O2.C8H12O2.C7H10O2.8C2H6/c11-9-10(3-4-12-9)6-7-1-2-8(10)5-7;10-9-8-6-2-1-5(3-6)7(8)4-11-9;10-8-9(6-7-11-8)4-2-1-3-5-9;9-8-6-2-5-1-4(6)3-7(5)10-8;9-8-7-4-2-1-3-6(7)5-10-8;8-7-5-1-3-6(9-7)4-2-5;8*1-2/h7-8H,1-6H2;5-8H,1-4H2;1-7H2;4-7H,1-3H2;6-7H,1-5H2;5-6H,1-4H2;8*1-2H3. The van der Waals surface area contributed by atoms with Crippen molar-refractivity contribution in [2.75, 3.05) is 26.4 Å². The minimum Gasteiger partial charge on any atom is -0.465 e. The minimum atomic E-state index is -0.0295. The second kappa shape index (κ2) is 37.8. The van der Waals surface area contributed by atoms with E-state index in [1.165, 1.54) is 89.9 Å². The van der Waals surface area contributed by atoms with Gasteiger partial charge in [-0.2, -0.15) is 0 Å². The van der Waals surface area contributed by atoms with Crippen LogP contribution in [-0.2, 0) is 57.2 Å². The third kappa shape index (κ3) is 17.9. The van der Waals surface area contributed by atoms with Gasteiger partial charge in [-0.1, -0.05) is 149 Å². The molecule has 12 heteroatoms. The lowest BCUT2D eigenvalue weighted by atomic mass is 9.72. The van der Waals surface area contributed by atoms with E-state index in [0.717, 1.165) is 95.0 Å². The second-order valence-electron chi connectivity index (χ2n) is 22.5. The first-order valence-corrected chi connectivity index (χ1v) is 33.7. The largest absolute Gasteiger partial charge is 0.465 e. The quantitative estimate of drug-likeness (QED) is 0.167. The molecule has 0 radical (unpaired) electrons. The fourth-order valence-electron chi connectivity index (χ4n) is 15.7. The summed E-state index contributed by atoms with van der Waals surface area (Å²) in [6.45, 7) is 34.8. The third-order valence-corrected chi connectivity index (χ3v) is 19.3. The summed E-state index contributed by atoms with van der Waals surface area (Å²) in [4.78, 5) is 67.0. The van der Waals surface area contributed by atoms with Crippen LogP contribution in [-0.4, -0.2) is 74.5 Å². The highest BCUT2D eigenvalue weighted by atomic mass is 16.6. The maximum absolute atomic E-state index is 11.6. The molecule has 10 bridgehead atoms. The van der Waals surface area contributed by atoms with Gasteiger partial charge in [-0.05, 0) is 158 Å². The Labute approximate surface area is 482 Å². The molecule has 13 atom stereocenters. The molecule has 0 aromatic heterocycles. The Morgan fingerprint density at radius 3 is 1.44 bits per heavy atom. The summed E-state index contributed by atoms with van der Waals surface area (Å²) in [5.74, 6) is 7.33. The Kier molecular flexibility index (Phi) is 34.4. The molecule has 79 heavy (non-hydrogen) atoms. The fourth-order valence-corrected chi connectivity index (χ4v) is 15.7. The van der Waals surface area contributed by atoms with Crippen LogP contribution < -0.4 is 0 Å². The number of hydrogen-bond acceptors (Lipinski definition) is 12. The zero-order valence-corrected chi connectivity index (χ0v) is 53.5. The molecule has 17 fully saturated rings. The van der Waals surface area contributed by atoms with Crippen molar-refractivity contribution in [1.82, 2.24) is 0 Å². The van der Waals surface area contributed by atoms with E-state index in [2.05, 4.69) is 0 Å². The number of esters is 6. The minimum absolute atomic E-state index is 0.00289. The van der Waals surface area contributed by atoms with Crippen LogP contribution >= 0.6 is 0 Å². The number of hydrogen-bond donors (Lipinski definition) is 0. The topological polar surface area (TPSA) is 158 Å². The summed E-state index contributed by atoms with van der Waals surface area (Å²) in [7, 11) is 0. The van der Waals surface area contributed by atoms with Gasteiger partial charge in [0.05, 0.1) is 60.9 Å². The summed E-state index contributed by atoms with van der Waals surface area (Å²) in [5, 5.41) is 0. The Bertz CT molecular complexity index is 1750. The van der Waals surface area contributed by atoms with Gasteiger partial charge in [0.2, 0.25) is 0 Å². The Morgan fingerprint density at radius 2 is 0.987 bits per heavy atom. The van der Waals surface area contributed by atoms with Gasteiger partial charge in [-0.25, -0.2) is 0 Å². The van der Waals surface area contributed by atoms with E-state index in [0.29, 0.717) is 67.3 Å². The fraction of sp³-hybridized carbons (Fsp3) is 0.910. The maximum Gasteiger partial charge on any atom is 0.312 e. The van der Waals surface area contributed by atoms with Gasteiger partial charge in [0.25, 0.3) is 0 Å². The number of carbonyl (C=O) groups excluding carboxylic acids is 6. The molecule has 12 nitrogen and oxygen atoms in total. The summed E-state index contributed by atoms with van der Waals surface area (Å²) in [6, 6.07) is 0. The molecule has 0 N–H and O–H groups in total. The summed E-state index contributed by atoms with van der Waals surface area (Å²) < 4.78 is 30.4. The zero-order chi connectivity index (χ0) is 59.3. The van der Waals surface area contributed by atoms with Crippen molar-refractivity contribution < 1.29 is 57.2 Å². The van der Waals surface area contributed by atoms with Crippen molar-refractivity contribution in [2.45, 2.75) is 284 Å². The average Bonchev–Trinajstić information content (AvgIpc) is 4.41. The molecule has 17 aliphatic rings. The van der Waals surface area contributed by atoms with Crippen molar-refractivity contribution in [1.29, 1.82) is 0 Å². The number of cyclic esters (lactones) is 4. The zero-order valence-electron chi connectivity index (χ0n) is 53.5. The molecular weight excluding hydrogens is 997 g/mol. The average molecular weight is 1120 g/mol. The van der Waals surface area contributed by atoms with E-state index in [-0.39, 0.29) is 64.6 Å². The van der Waals surface area contributed by atoms with Crippen LogP contribution in [0.25, 0.3) is 0 Å². The molecule has 9 saturated carbocycles. The van der Waals surface area contributed by atoms with Crippen LogP contribution in [0.15, 0.2) is 0 Å². The summed E-state index contributed by atoms with van der Waals surface area (Å²) in [5.41, 5.74) is -0.0266. The maximum atomic E-state index is 11.6. The lowest BCUT2D eigenvalue weighted by molar-refractivity contribution is -0.170. The highest BCUT2D eigenvalue weighted by molar-refractivity contribution is 5.80.